The minimum absolute atomic E-state index is 0.0672. The molecule has 1 aliphatic rings. The second-order valence-electron chi connectivity index (χ2n) is 8.67. The van der Waals surface area contributed by atoms with Crippen LogP contribution < -0.4 is 4.74 Å². The van der Waals surface area contributed by atoms with Gasteiger partial charge >= 0.3 is 0 Å². The number of halogens is 1. The van der Waals surface area contributed by atoms with E-state index in [-0.39, 0.29) is 5.91 Å². The van der Waals surface area contributed by atoms with Gasteiger partial charge < -0.3 is 4.74 Å². The number of hydrogen-bond acceptors (Lipinski definition) is 4. The Balaban J connectivity index is 1.43. The van der Waals surface area contributed by atoms with E-state index in [0.717, 1.165) is 32.6 Å². The van der Waals surface area contributed by atoms with Crippen LogP contribution in [0.5, 0.6) is 5.75 Å². The molecule has 4 nitrogen and oxygen atoms in total. The number of carbonyl (C=O) groups excluding carboxylic acids is 1. The number of nitrogens with zero attached hydrogens (tertiary/aromatic N) is 2. The molecule has 0 N–H and O–H groups in total. The van der Waals surface area contributed by atoms with Gasteiger partial charge in [-0.05, 0) is 66.2 Å². The fourth-order valence-electron chi connectivity index (χ4n) is 3.84. The van der Waals surface area contributed by atoms with Crippen LogP contribution in [0.4, 0.5) is 5.69 Å². The van der Waals surface area contributed by atoms with Crippen LogP contribution in [-0.4, -0.2) is 16.0 Å². The zero-order chi connectivity index (χ0) is 25.6. The van der Waals surface area contributed by atoms with Crippen LogP contribution in [0.3, 0.4) is 0 Å². The van der Waals surface area contributed by atoms with Crippen LogP contribution in [0, 0.1) is 6.92 Å². The van der Waals surface area contributed by atoms with Crippen LogP contribution in [0.15, 0.2) is 117 Å². The molecule has 4 aromatic carbocycles. The largest absolute Gasteiger partial charge is 0.488 e. The van der Waals surface area contributed by atoms with Gasteiger partial charge in [-0.2, -0.15) is 0 Å². The molecule has 1 heterocycles. The normalized spacial score (nSPS) is 15.5. The van der Waals surface area contributed by atoms with Gasteiger partial charge in [0.15, 0.2) is 5.17 Å². The van der Waals surface area contributed by atoms with Crippen LogP contribution in [0.25, 0.3) is 6.08 Å². The van der Waals surface area contributed by atoms with E-state index in [0.29, 0.717) is 23.2 Å². The minimum atomic E-state index is -0.0672. The lowest BCUT2D eigenvalue weighted by molar-refractivity contribution is -0.122. The van der Waals surface area contributed by atoms with Crippen molar-refractivity contribution in [2.45, 2.75) is 20.1 Å². The Hall–Kier alpha value is -3.61. The SMILES string of the molecule is Cc1ccc(N=C2SC(=Cc3ccccc3OCc3ccc(Br)cc3)C(=O)N2Cc2ccccc2)cc1. The second-order valence-corrected chi connectivity index (χ2v) is 10.6. The molecule has 0 aromatic heterocycles. The summed E-state index contributed by atoms with van der Waals surface area (Å²) in [5.74, 6) is 0.660. The molecule has 184 valence electrons. The zero-order valence-electron chi connectivity index (χ0n) is 20.3. The van der Waals surface area contributed by atoms with Gasteiger partial charge in [-0.25, -0.2) is 4.99 Å². The Morgan fingerprint density at radius 1 is 0.865 bits per heavy atom. The lowest BCUT2D eigenvalue weighted by Crippen LogP contribution is -2.28. The standard InChI is InChI=1S/C31H25BrN2O2S/c1-22-11-17-27(18-12-22)33-31-34(20-23-7-3-2-4-8-23)30(35)29(37-31)19-25-9-5-6-10-28(25)36-21-24-13-15-26(32)16-14-24/h2-19H,20-21H2,1H3. The first-order chi connectivity index (χ1) is 18.0. The van der Waals surface area contributed by atoms with E-state index >= 15 is 0 Å². The average molecular weight is 570 g/mol. The zero-order valence-corrected chi connectivity index (χ0v) is 22.7. The van der Waals surface area contributed by atoms with E-state index in [4.69, 9.17) is 9.73 Å². The number of hydrogen-bond donors (Lipinski definition) is 0. The molecule has 0 bridgehead atoms. The first-order valence-electron chi connectivity index (χ1n) is 11.9. The van der Waals surface area contributed by atoms with Gasteiger partial charge in [-0.15, -0.1) is 0 Å². The maximum atomic E-state index is 13.6. The van der Waals surface area contributed by atoms with E-state index in [1.165, 1.54) is 17.3 Å². The Morgan fingerprint density at radius 3 is 2.32 bits per heavy atom. The Morgan fingerprint density at radius 2 is 1.57 bits per heavy atom. The van der Waals surface area contributed by atoms with Gasteiger partial charge in [0.2, 0.25) is 0 Å². The van der Waals surface area contributed by atoms with Gasteiger partial charge in [-0.3, -0.25) is 9.69 Å². The molecule has 5 rings (SSSR count). The number of aliphatic imine (C=N–C) groups is 1. The number of aryl methyl sites for hydroxylation is 1. The molecule has 4 aromatic rings. The van der Waals surface area contributed by atoms with Gasteiger partial charge in [0, 0.05) is 10.0 Å². The summed E-state index contributed by atoms with van der Waals surface area (Å²) in [4.78, 5) is 20.8. The summed E-state index contributed by atoms with van der Waals surface area (Å²) >= 11 is 4.86. The predicted octanol–water partition coefficient (Wildman–Crippen LogP) is 8.14. The summed E-state index contributed by atoms with van der Waals surface area (Å²) in [6.45, 7) is 2.94. The van der Waals surface area contributed by atoms with E-state index in [2.05, 4.69) is 15.9 Å². The van der Waals surface area contributed by atoms with Crippen molar-refractivity contribution in [3.8, 4) is 5.75 Å². The molecule has 0 unspecified atom stereocenters. The predicted molar refractivity (Wildman–Crippen MR) is 156 cm³/mol. The van der Waals surface area contributed by atoms with Crippen LogP contribution in [-0.2, 0) is 17.9 Å². The number of amides is 1. The summed E-state index contributed by atoms with van der Waals surface area (Å²) in [6.07, 6.45) is 1.90. The smallest absolute Gasteiger partial charge is 0.267 e. The van der Waals surface area contributed by atoms with Crippen molar-refractivity contribution >= 4 is 50.5 Å². The number of rotatable bonds is 7. The highest BCUT2D eigenvalue weighted by atomic mass is 79.9. The number of amidine groups is 1. The fraction of sp³-hybridized carbons (Fsp3) is 0.0968. The molecule has 0 aliphatic carbocycles. The minimum Gasteiger partial charge on any atom is -0.488 e. The van der Waals surface area contributed by atoms with Gasteiger partial charge in [0.1, 0.15) is 12.4 Å². The van der Waals surface area contributed by atoms with Crippen LogP contribution in [0.2, 0.25) is 0 Å². The Labute approximate surface area is 229 Å². The third-order valence-corrected chi connectivity index (χ3v) is 7.38. The molecule has 6 heteroatoms. The van der Waals surface area contributed by atoms with Gasteiger partial charge in [-0.1, -0.05) is 94.3 Å². The lowest BCUT2D eigenvalue weighted by Gasteiger charge is -2.15. The second kappa shape index (κ2) is 11.6. The molecule has 0 radical (unpaired) electrons. The quantitative estimate of drug-likeness (QED) is 0.211. The summed E-state index contributed by atoms with van der Waals surface area (Å²) in [7, 11) is 0. The van der Waals surface area contributed by atoms with Crippen molar-refractivity contribution in [1.82, 2.24) is 4.90 Å². The third kappa shape index (κ3) is 6.40. The Kier molecular flexibility index (Phi) is 7.87. The molecule has 1 aliphatic heterocycles. The maximum Gasteiger partial charge on any atom is 0.267 e. The van der Waals surface area contributed by atoms with E-state index < -0.39 is 0 Å². The van der Waals surface area contributed by atoms with Crippen molar-refractivity contribution < 1.29 is 9.53 Å². The third-order valence-electron chi connectivity index (χ3n) is 5.84. The number of thioether (sulfide) groups is 1. The molecule has 1 fully saturated rings. The summed E-state index contributed by atoms with van der Waals surface area (Å²) < 4.78 is 7.17. The highest BCUT2D eigenvalue weighted by molar-refractivity contribution is 9.10. The molecule has 1 saturated heterocycles. The molecule has 0 saturated carbocycles. The highest BCUT2D eigenvalue weighted by Crippen LogP contribution is 2.36. The van der Waals surface area contributed by atoms with Crippen LogP contribution in [0.1, 0.15) is 22.3 Å². The monoisotopic (exact) mass is 568 g/mol. The summed E-state index contributed by atoms with van der Waals surface area (Å²) in [6, 6.07) is 33.8. The topological polar surface area (TPSA) is 41.9 Å². The molecular formula is C31H25BrN2O2S. The van der Waals surface area contributed by atoms with E-state index in [9.17, 15) is 4.79 Å². The molecular weight excluding hydrogens is 544 g/mol. The lowest BCUT2D eigenvalue weighted by atomic mass is 10.1. The molecule has 0 spiro atoms. The van der Waals surface area contributed by atoms with Crippen molar-refractivity contribution in [3.05, 3.63) is 135 Å². The van der Waals surface area contributed by atoms with Crippen molar-refractivity contribution in [2.24, 2.45) is 4.99 Å². The van der Waals surface area contributed by atoms with Crippen LogP contribution >= 0.6 is 27.7 Å². The first-order valence-corrected chi connectivity index (χ1v) is 13.5. The maximum absolute atomic E-state index is 13.6. The van der Waals surface area contributed by atoms with E-state index in [1.54, 1.807) is 4.90 Å². The molecule has 37 heavy (non-hydrogen) atoms. The van der Waals surface area contributed by atoms with Crippen molar-refractivity contribution in [2.75, 3.05) is 0 Å². The molecule has 1 amide bonds. The molecule has 0 atom stereocenters. The highest BCUT2D eigenvalue weighted by Gasteiger charge is 2.33. The first kappa shape index (κ1) is 25.1. The van der Waals surface area contributed by atoms with Crippen molar-refractivity contribution in [3.63, 3.8) is 0 Å². The van der Waals surface area contributed by atoms with E-state index in [1.807, 2.05) is 116 Å². The summed E-state index contributed by atoms with van der Waals surface area (Å²) in [5.41, 5.74) is 4.96. The fourth-order valence-corrected chi connectivity index (χ4v) is 5.09. The number of benzene rings is 4. The number of para-hydroxylation sites is 1. The Bertz CT molecular complexity index is 1450. The summed E-state index contributed by atoms with van der Waals surface area (Å²) in [5, 5.41) is 0.664. The average Bonchev–Trinajstić information content (AvgIpc) is 3.20. The van der Waals surface area contributed by atoms with Crippen molar-refractivity contribution in [1.29, 1.82) is 0 Å². The van der Waals surface area contributed by atoms with Gasteiger partial charge in [0.05, 0.1) is 17.1 Å². The number of carbonyl (C=O) groups is 1. The van der Waals surface area contributed by atoms with Gasteiger partial charge in [0.25, 0.3) is 5.91 Å². The number of ether oxygens (including phenoxy) is 1.